The first-order valence-electron chi connectivity index (χ1n) is 8.53. The van der Waals surface area contributed by atoms with Crippen LogP contribution in [-0.4, -0.2) is 26.7 Å². The Bertz CT molecular complexity index is 1060. The Balaban J connectivity index is 2.03. The van der Waals surface area contributed by atoms with Gasteiger partial charge >= 0.3 is 12.4 Å². The van der Waals surface area contributed by atoms with Gasteiger partial charge in [0.2, 0.25) is 0 Å². The predicted molar refractivity (Wildman–Crippen MR) is 110 cm³/mol. The van der Waals surface area contributed by atoms with Crippen LogP contribution in [0.15, 0.2) is 54.0 Å². The average Bonchev–Trinajstić information content (AvgIpc) is 2.94. The fourth-order valence-electron chi connectivity index (χ4n) is 2.72. The number of aromatic nitrogens is 1. The lowest BCUT2D eigenvalue weighted by Crippen LogP contribution is -2.27. The first kappa shape index (κ1) is 23.0. The summed E-state index contributed by atoms with van der Waals surface area (Å²) in [5, 5.41) is 0. The Morgan fingerprint density at radius 2 is 1.68 bits per heavy atom. The monoisotopic (exact) mass is 474 g/mol. The molecule has 2 heterocycles. The van der Waals surface area contributed by atoms with E-state index < -0.39 is 23.5 Å². The Labute approximate surface area is 182 Å². The summed E-state index contributed by atoms with van der Waals surface area (Å²) in [4.78, 5) is 18.1. The summed E-state index contributed by atoms with van der Waals surface area (Å²) < 4.78 is 79.0. The lowest BCUT2D eigenvalue weighted by atomic mass is 10.0. The van der Waals surface area contributed by atoms with Gasteiger partial charge in [-0.05, 0) is 36.4 Å². The van der Waals surface area contributed by atoms with E-state index in [0.29, 0.717) is 16.5 Å². The van der Waals surface area contributed by atoms with Crippen LogP contribution in [0, 0.1) is 0 Å². The molecule has 1 aliphatic heterocycles. The van der Waals surface area contributed by atoms with Crippen LogP contribution in [0.25, 0.3) is 17.3 Å². The molecule has 1 aromatic heterocycles. The molecular formula is C20H12F6N2OS2. The average molecular weight is 474 g/mol. The van der Waals surface area contributed by atoms with Crippen molar-refractivity contribution in [3.05, 3.63) is 70.8 Å². The van der Waals surface area contributed by atoms with E-state index in [2.05, 4.69) is 11.6 Å². The third-order valence-electron chi connectivity index (χ3n) is 4.12. The molecule has 0 radical (unpaired) electrons. The number of carbonyl (C=O) groups excluding carboxylic acids is 1. The molecule has 1 aliphatic rings. The maximum absolute atomic E-state index is 13.1. The molecule has 3 rings (SSSR count). The minimum atomic E-state index is -4.97. The van der Waals surface area contributed by atoms with Crippen molar-refractivity contribution in [2.75, 3.05) is 6.54 Å². The van der Waals surface area contributed by atoms with Gasteiger partial charge in [-0.3, -0.25) is 9.69 Å². The number of alkyl halides is 6. The van der Waals surface area contributed by atoms with Gasteiger partial charge in [0.05, 0.1) is 27.4 Å². The lowest BCUT2D eigenvalue weighted by molar-refractivity contribution is -0.143. The fourth-order valence-corrected chi connectivity index (χ4v) is 3.98. The number of thiocarbonyl (C=S) groups is 1. The van der Waals surface area contributed by atoms with E-state index in [1.807, 2.05) is 0 Å². The van der Waals surface area contributed by atoms with Crippen molar-refractivity contribution in [2.24, 2.45) is 0 Å². The molecule has 0 unspecified atom stereocenters. The zero-order valence-corrected chi connectivity index (χ0v) is 17.1. The van der Waals surface area contributed by atoms with Crippen LogP contribution >= 0.6 is 24.0 Å². The molecule has 0 atom stereocenters. The van der Waals surface area contributed by atoms with Gasteiger partial charge in [0, 0.05) is 12.1 Å². The molecule has 0 N–H and O–H groups in total. The zero-order chi connectivity index (χ0) is 23.0. The third-order valence-corrected chi connectivity index (χ3v) is 5.50. The highest BCUT2D eigenvalue weighted by molar-refractivity contribution is 8.26. The normalized spacial score (nSPS) is 16.3. The molecule has 162 valence electrons. The van der Waals surface area contributed by atoms with Crippen molar-refractivity contribution in [1.82, 2.24) is 9.88 Å². The molecule has 2 aromatic rings. The minimum Gasteiger partial charge on any atom is -0.289 e. The Morgan fingerprint density at radius 1 is 1.06 bits per heavy atom. The number of hydrogen-bond acceptors (Lipinski definition) is 4. The van der Waals surface area contributed by atoms with Gasteiger partial charge in [0.1, 0.15) is 4.32 Å². The second kappa shape index (κ2) is 8.46. The van der Waals surface area contributed by atoms with E-state index in [4.69, 9.17) is 12.2 Å². The van der Waals surface area contributed by atoms with Gasteiger partial charge in [-0.1, -0.05) is 36.1 Å². The van der Waals surface area contributed by atoms with Crippen LogP contribution in [0.2, 0.25) is 0 Å². The molecule has 1 fully saturated rings. The van der Waals surface area contributed by atoms with Crippen molar-refractivity contribution in [2.45, 2.75) is 12.4 Å². The third kappa shape index (κ3) is 5.16. The smallest absolute Gasteiger partial charge is 0.289 e. The number of pyridine rings is 1. The van der Waals surface area contributed by atoms with Crippen molar-refractivity contribution in [3.63, 3.8) is 0 Å². The molecule has 1 saturated heterocycles. The maximum Gasteiger partial charge on any atom is 0.416 e. The van der Waals surface area contributed by atoms with E-state index in [9.17, 15) is 31.1 Å². The number of benzene rings is 1. The van der Waals surface area contributed by atoms with Gasteiger partial charge < -0.3 is 0 Å². The fraction of sp³-hybridized carbons (Fsp3) is 0.150. The SMILES string of the molecule is C=CCN1C(=O)C(=Cc2cccc(-c3cc(C(F)(F)F)cc(C(F)(F)F)c3)n2)SC1=S. The number of carbonyl (C=O) groups is 1. The summed E-state index contributed by atoms with van der Waals surface area (Å²) in [6.45, 7) is 3.75. The van der Waals surface area contributed by atoms with Crippen molar-refractivity contribution in [1.29, 1.82) is 0 Å². The van der Waals surface area contributed by atoms with Crippen LogP contribution in [0.5, 0.6) is 0 Å². The van der Waals surface area contributed by atoms with Crippen LogP contribution in [0.3, 0.4) is 0 Å². The predicted octanol–water partition coefficient (Wildman–Crippen LogP) is 6.17. The quantitative estimate of drug-likeness (QED) is 0.230. The van der Waals surface area contributed by atoms with E-state index >= 15 is 0 Å². The number of amides is 1. The second-order valence-electron chi connectivity index (χ2n) is 6.32. The van der Waals surface area contributed by atoms with Gasteiger partial charge in [-0.25, -0.2) is 4.98 Å². The summed E-state index contributed by atoms with van der Waals surface area (Å²) in [5.74, 6) is -0.388. The van der Waals surface area contributed by atoms with Crippen molar-refractivity contribution < 1.29 is 31.1 Å². The molecule has 3 nitrogen and oxygen atoms in total. The summed E-state index contributed by atoms with van der Waals surface area (Å²) in [5.41, 5.74) is -3.14. The molecule has 31 heavy (non-hydrogen) atoms. The number of nitrogens with zero attached hydrogens (tertiary/aromatic N) is 2. The highest BCUT2D eigenvalue weighted by atomic mass is 32.2. The molecule has 0 spiro atoms. The number of hydrogen-bond donors (Lipinski definition) is 0. The largest absolute Gasteiger partial charge is 0.416 e. The zero-order valence-electron chi connectivity index (χ0n) is 15.4. The van der Waals surface area contributed by atoms with E-state index in [1.165, 1.54) is 35.3 Å². The summed E-state index contributed by atoms with van der Waals surface area (Å²) in [6.07, 6.45) is -7.05. The first-order chi connectivity index (χ1) is 14.4. The summed E-state index contributed by atoms with van der Waals surface area (Å²) in [6, 6.07) is 5.44. The van der Waals surface area contributed by atoms with Gasteiger partial charge in [-0.2, -0.15) is 26.3 Å². The van der Waals surface area contributed by atoms with Crippen LogP contribution in [-0.2, 0) is 17.1 Å². The second-order valence-corrected chi connectivity index (χ2v) is 8.00. The molecular weight excluding hydrogens is 462 g/mol. The number of halogens is 6. The topological polar surface area (TPSA) is 33.2 Å². The Kier molecular flexibility index (Phi) is 6.28. The van der Waals surface area contributed by atoms with Gasteiger partial charge in [0.15, 0.2) is 0 Å². The number of rotatable bonds is 4. The number of thioether (sulfide) groups is 1. The minimum absolute atomic E-state index is 0.0539. The Morgan fingerprint density at radius 3 is 2.23 bits per heavy atom. The van der Waals surface area contributed by atoms with Crippen molar-refractivity contribution >= 4 is 40.3 Å². The van der Waals surface area contributed by atoms with Crippen LogP contribution in [0.1, 0.15) is 16.8 Å². The van der Waals surface area contributed by atoms with Crippen LogP contribution < -0.4 is 0 Å². The van der Waals surface area contributed by atoms with Crippen molar-refractivity contribution in [3.8, 4) is 11.3 Å². The van der Waals surface area contributed by atoms with Gasteiger partial charge in [-0.15, -0.1) is 6.58 Å². The highest BCUT2D eigenvalue weighted by Gasteiger charge is 2.37. The molecule has 1 aromatic carbocycles. The first-order valence-corrected chi connectivity index (χ1v) is 9.76. The van der Waals surface area contributed by atoms with Gasteiger partial charge in [0.25, 0.3) is 5.91 Å². The highest BCUT2D eigenvalue weighted by Crippen LogP contribution is 2.38. The maximum atomic E-state index is 13.1. The summed E-state index contributed by atoms with van der Waals surface area (Å²) in [7, 11) is 0. The lowest BCUT2D eigenvalue weighted by Gasteiger charge is -2.14. The van der Waals surface area contributed by atoms with Crippen LogP contribution in [0.4, 0.5) is 26.3 Å². The standard InChI is InChI=1S/C20H12F6N2OS2/c1-2-6-28-17(29)16(31-18(28)30)10-14-4-3-5-15(27-14)11-7-12(19(21,22)23)9-13(8-11)20(24,25)26/h2-5,7-10H,1,6H2. The van der Waals surface area contributed by atoms with E-state index in [0.717, 1.165) is 11.8 Å². The molecule has 1 amide bonds. The molecule has 0 aliphatic carbocycles. The Hall–Kier alpha value is -2.66. The van der Waals surface area contributed by atoms with E-state index in [1.54, 1.807) is 0 Å². The molecule has 11 heteroatoms. The van der Waals surface area contributed by atoms with E-state index in [-0.39, 0.29) is 40.4 Å². The summed E-state index contributed by atoms with van der Waals surface area (Å²) >= 11 is 6.14. The molecule has 0 bridgehead atoms. The molecule has 0 saturated carbocycles.